The van der Waals surface area contributed by atoms with E-state index < -0.39 is 0 Å². The van der Waals surface area contributed by atoms with E-state index in [-0.39, 0.29) is 35.8 Å². The van der Waals surface area contributed by atoms with Crippen LogP contribution < -0.4 is 10.6 Å². The first-order valence-corrected chi connectivity index (χ1v) is 9.13. The Morgan fingerprint density at radius 2 is 1.81 bits per heavy atom. The van der Waals surface area contributed by atoms with Crippen molar-refractivity contribution in [2.75, 3.05) is 19.6 Å². The number of nitrogens with zero attached hydrogens (tertiary/aromatic N) is 2. The van der Waals surface area contributed by atoms with Crippen LogP contribution >= 0.6 is 35.3 Å². The largest absolute Gasteiger partial charge is 0.357 e. The van der Waals surface area contributed by atoms with Crippen molar-refractivity contribution >= 4 is 53.1 Å². The van der Waals surface area contributed by atoms with Gasteiger partial charge in [-0.15, -0.1) is 24.0 Å². The first-order valence-electron chi connectivity index (χ1n) is 8.19. The van der Waals surface area contributed by atoms with E-state index in [9.17, 15) is 9.59 Å². The Kier molecular flexibility index (Phi) is 7.58. The molecule has 2 N–H and O–H groups in total. The molecule has 0 aliphatic carbocycles. The van der Waals surface area contributed by atoms with Gasteiger partial charge in [-0.2, -0.15) is 11.3 Å². The summed E-state index contributed by atoms with van der Waals surface area (Å²) in [4.78, 5) is 30.4. The molecule has 0 fully saturated rings. The van der Waals surface area contributed by atoms with Crippen LogP contribution in [-0.4, -0.2) is 42.3 Å². The average Bonchev–Trinajstić information content (AvgIpc) is 3.23. The van der Waals surface area contributed by atoms with Crippen molar-refractivity contribution in [1.82, 2.24) is 15.5 Å². The monoisotopic (exact) mass is 484 g/mol. The SMILES string of the molecule is CCNC(=NCc1ccsc1)NCCN1C(=O)c2ccccc2C1=O.I. The van der Waals surface area contributed by atoms with E-state index in [2.05, 4.69) is 21.0 Å². The third-order valence-corrected chi connectivity index (χ3v) is 4.58. The molecule has 0 radical (unpaired) electrons. The zero-order valence-electron chi connectivity index (χ0n) is 14.4. The summed E-state index contributed by atoms with van der Waals surface area (Å²) < 4.78 is 0. The number of hydrogen-bond donors (Lipinski definition) is 2. The van der Waals surface area contributed by atoms with Gasteiger partial charge in [0.05, 0.1) is 17.7 Å². The number of hydrogen-bond acceptors (Lipinski definition) is 4. The maximum atomic E-state index is 12.3. The summed E-state index contributed by atoms with van der Waals surface area (Å²) in [5.41, 5.74) is 2.11. The lowest BCUT2D eigenvalue weighted by molar-refractivity contribution is 0.0657. The minimum Gasteiger partial charge on any atom is -0.357 e. The molecule has 1 aliphatic heterocycles. The number of carbonyl (C=O) groups is 2. The van der Waals surface area contributed by atoms with Crippen molar-refractivity contribution < 1.29 is 9.59 Å². The minimum atomic E-state index is -0.234. The molecule has 0 bridgehead atoms. The molecule has 8 heteroatoms. The highest BCUT2D eigenvalue weighted by atomic mass is 127. The van der Waals surface area contributed by atoms with Gasteiger partial charge >= 0.3 is 0 Å². The summed E-state index contributed by atoms with van der Waals surface area (Å²) in [6.07, 6.45) is 0. The molecule has 0 spiro atoms. The smallest absolute Gasteiger partial charge is 0.261 e. The second-order valence-electron chi connectivity index (χ2n) is 5.56. The normalized spacial score (nSPS) is 13.4. The number of nitrogens with one attached hydrogen (secondary N) is 2. The Hall–Kier alpha value is -1.94. The van der Waals surface area contributed by atoms with Gasteiger partial charge in [0.1, 0.15) is 0 Å². The highest BCUT2D eigenvalue weighted by Gasteiger charge is 2.34. The third-order valence-electron chi connectivity index (χ3n) is 3.85. The number of benzene rings is 1. The molecule has 0 saturated carbocycles. The molecule has 1 aromatic heterocycles. The van der Waals surface area contributed by atoms with E-state index in [1.807, 2.05) is 18.4 Å². The summed E-state index contributed by atoms with van der Waals surface area (Å²) >= 11 is 1.64. The average molecular weight is 484 g/mol. The summed E-state index contributed by atoms with van der Waals surface area (Å²) in [5, 5.41) is 10.4. The van der Waals surface area contributed by atoms with Crippen LogP contribution in [0.1, 0.15) is 33.2 Å². The molecule has 1 aromatic carbocycles. The minimum absolute atomic E-state index is 0. The number of aliphatic imine (C=N–C) groups is 1. The summed E-state index contributed by atoms with van der Waals surface area (Å²) in [5.74, 6) is 0.204. The van der Waals surface area contributed by atoms with Gasteiger partial charge in [-0.1, -0.05) is 12.1 Å². The van der Waals surface area contributed by atoms with Crippen LogP contribution in [0.25, 0.3) is 0 Å². The van der Waals surface area contributed by atoms with Crippen molar-refractivity contribution in [3.8, 4) is 0 Å². The molecule has 2 aromatic rings. The molecule has 1 aliphatic rings. The molecule has 0 atom stereocenters. The number of rotatable bonds is 6. The quantitative estimate of drug-likeness (QED) is 0.286. The van der Waals surface area contributed by atoms with Gasteiger partial charge in [-0.05, 0) is 41.4 Å². The Balaban J connectivity index is 0.00000243. The van der Waals surface area contributed by atoms with Crippen molar-refractivity contribution in [2.45, 2.75) is 13.5 Å². The second-order valence-corrected chi connectivity index (χ2v) is 6.34. The van der Waals surface area contributed by atoms with Crippen LogP contribution in [0.5, 0.6) is 0 Å². The predicted molar refractivity (Wildman–Crippen MR) is 114 cm³/mol. The molecular formula is C18H21IN4O2S. The van der Waals surface area contributed by atoms with Crippen LogP contribution in [0.3, 0.4) is 0 Å². The zero-order chi connectivity index (χ0) is 17.6. The molecule has 2 heterocycles. The Morgan fingerprint density at radius 3 is 2.38 bits per heavy atom. The Morgan fingerprint density at radius 1 is 1.12 bits per heavy atom. The Labute approximate surface area is 173 Å². The molecule has 2 amide bonds. The highest BCUT2D eigenvalue weighted by molar-refractivity contribution is 14.0. The number of imide groups is 1. The number of amides is 2. The fourth-order valence-electron chi connectivity index (χ4n) is 2.62. The number of halogens is 1. The van der Waals surface area contributed by atoms with Gasteiger partial charge < -0.3 is 10.6 Å². The van der Waals surface area contributed by atoms with Crippen LogP contribution in [0, 0.1) is 0 Å². The van der Waals surface area contributed by atoms with E-state index in [0.29, 0.717) is 36.7 Å². The fraction of sp³-hybridized carbons (Fsp3) is 0.278. The Bertz CT molecular complexity index is 757. The number of fused-ring (bicyclic) bond motifs is 1. The van der Waals surface area contributed by atoms with Crippen LogP contribution in [0.2, 0.25) is 0 Å². The maximum absolute atomic E-state index is 12.3. The molecule has 0 saturated heterocycles. The van der Waals surface area contributed by atoms with Crippen LogP contribution in [0.4, 0.5) is 0 Å². The van der Waals surface area contributed by atoms with Crippen LogP contribution in [0.15, 0.2) is 46.1 Å². The lowest BCUT2D eigenvalue weighted by Crippen LogP contribution is -2.43. The topological polar surface area (TPSA) is 73.8 Å². The first-order chi connectivity index (χ1) is 12.2. The van der Waals surface area contributed by atoms with E-state index >= 15 is 0 Å². The van der Waals surface area contributed by atoms with Crippen molar-refractivity contribution in [2.24, 2.45) is 4.99 Å². The van der Waals surface area contributed by atoms with E-state index in [1.54, 1.807) is 35.6 Å². The lowest BCUT2D eigenvalue weighted by atomic mass is 10.1. The highest BCUT2D eigenvalue weighted by Crippen LogP contribution is 2.21. The van der Waals surface area contributed by atoms with Crippen LogP contribution in [-0.2, 0) is 6.54 Å². The van der Waals surface area contributed by atoms with E-state index in [1.165, 1.54) is 4.90 Å². The van der Waals surface area contributed by atoms with Crippen molar-refractivity contribution in [1.29, 1.82) is 0 Å². The van der Waals surface area contributed by atoms with E-state index in [0.717, 1.165) is 12.1 Å². The summed E-state index contributed by atoms with van der Waals surface area (Å²) in [6.45, 7) is 4.07. The van der Waals surface area contributed by atoms with Crippen molar-refractivity contribution in [3.63, 3.8) is 0 Å². The third kappa shape index (κ3) is 4.61. The molecule has 138 valence electrons. The van der Waals surface area contributed by atoms with Gasteiger partial charge in [0, 0.05) is 19.6 Å². The number of thiophene rings is 1. The van der Waals surface area contributed by atoms with Gasteiger partial charge in [0.2, 0.25) is 0 Å². The maximum Gasteiger partial charge on any atom is 0.261 e. The molecular weight excluding hydrogens is 463 g/mol. The van der Waals surface area contributed by atoms with Crippen molar-refractivity contribution in [3.05, 3.63) is 57.8 Å². The fourth-order valence-corrected chi connectivity index (χ4v) is 3.28. The summed E-state index contributed by atoms with van der Waals surface area (Å²) in [6, 6.07) is 8.96. The van der Waals surface area contributed by atoms with Gasteiger partial charge in [0.15, 0.2) is 5.96 Å². The molecule has 26 heavy (non-hydrogen) atoms. The number of guanidine groups is 1. The first kappa shape index (κ1) is 20.4. The van der Waals surface area contributed by atoms with E-state index in [4.69, 9.17) is 0 Å². The molecule has 6 nitrogen and oxygen atoms in total. The van der Waals surface area contributed by atoms with Gasteiger partial charge in [0.25, 0.3) is 11.8 Å². The van der Waals surface area contributed by atoms with Gasteiger partial charge in [-0.3, -0.25) is 14.5 Å². The van der Waals surface area contributed by atoms with Gasteiger partial charge in [-0.25, -0.2) is 4.99 Å². The zero-order valence-corrected chi connectivity index (χ0v) is 17.5. The molecule has 3 rings (SSSR count). The number of carbonyl (C=O) groups excluding carboxylic acids is 2. The summed E-state index contributed by atoms with van der Waals surface area (Å²) in [7, 11) is 0. The standard InChI is InChI=1S/C18H20N4O2S.HI/c1-2-19-18(21-11-13-7-10-25-12-13)20-8-9-22-16(23)14-5-3-4-6-15(14)17(22)24;/h3-7,10,12H,2,8-9,11H2,1H3,(H2,19,20,21);1H. The lowest BCUT2D eigenvalue weighted by Gasteiger charge is -2.16. The second kappa shape index (κ2) is 9.67. The predicted octanol–water partition coefficient (Wildman–Crippen LogP) is 2.72. The molecule has 0 unspecified atom stereocenters.